The van der Waals surface area contributed by atoms with Gasteiger partial charge in [-0.1, -0.05) is 6.92 Å². The number of halogens is 1. The van der Waals surface area contributed by atoms with Crippen molar-refractivity contribution in [3.8, 4) is 0 Å². The largest absolute Gasteiger partial charge is 0.291 e. The number of nitrogens with zero attached hydrogens (tertiary/aromatic N) is 5. The lowest BCUT2D eigenvalue weighted by Crippen LogP contribution is -2.09. The summed E-state index contributed by atoms with van der Waals surface area (Å²) in [6, 6.07) is -0.232. The number of ketones is 1. The predicted octanol–water partition coefficient (Wildman–Crippen LogP) is 1.61. The quantitative estimate of drug-likeness (QED) is 0.789. The van der Waals surface area contributed by atoms with Crippen molar-refractivity contribution < 1.29 is 9.18 Å². The van der Waals surface area contributed by atoms with E-state index in [1.165, 1.54) is 4.68 Å². The van der Waals surface area contributed by atoms with Crippen molar-refractivity contribution in [1.29, 1.82) is 0 Å². The molecule has 0 aromatic carbocycles. The molecule has 0 amide bonds. The van der Waals surface area contributed by atoms with Crippen molar-refractivity contribution in [2.75, 3.05) is 0 Å². The molecule has 0 bridgehead atoms. The van der Waals surface area contributed by atoms with Crippen LogP contribution in [0.3, 0.4) is 0 Å². The molecule has 2 aromatic rings. The van der Waals surface area contributed by atoms with Crippen molar-refractivity contribution in [3.05, 3.63) is 29.6 Å². The highest BCUT2D eigenvalue weighted by Crippen LogP contribution is 2.39. The summed E-state index contributed by atoms with van der Waals surface area (Å²) >= 11 is 0. The van der Waals surface area contributed by atoms with Crippen molar-refractivity contribution >= 4 is 5.78 Å². The minimum absolute atomic E-state index is 0.105. The number of carbonyl (C=O) groups is 1. The highest BCUT2D eigenvalue weighted by atomic mass is 19.1. The Morgan fingerprint density at radius 2 is 2.37 bits per heavy atom. The SMILES string of the molecule is CCC(=O)c1nc2n(n1)C(c1cnn(C)c1)CC2F. The smallest absolute Gasteiger partial charge is 0.217 e. The second-order valence-electron chi connectivity index (χ2n) is 4.68. The summed E-state index contributed by atoms with van der Waals surface area (Å²) in [7, 11) is 1.81. The summed E-state index contributed by atoms with van der Waals surface area (Å²) in [6.45, 7) is 1.74. The van der Waals surface area contributed by atoms with Crippen LogP contribution in [0.1, 0.15) is 54.0 Å². The number of hydrogen-bond donors (Lipinski definition) is 0. The van der Waals surface area contributed by atoms with Gasteiger partial charge in [0.15, 0.2) is 12.0 Å². The van der Waals surface area contributed by atoms with Crippen LogP contribution in [0.25, 0.3) is 0 Å². The van der Waals surface area contributed by atoms with Gasteiger partial charge in [-0.15, -0.1) is 5.10 Å². The number of rotatable bonds is 3. The summed E-state index contributed by atoms with van der Waals surface area (Å²) in [5.41, 5.74) is 0.879. The molecule has 0 saturated carbocycles. The van der Waals surface area contributed by atoms with Gasteiger partial charge in [-0.2, -0.15) is 5.10 Å². The lowest BCUT2D eigenvalue weighted by atomic mass is 10.1. The number of aryl methyl sites for hydroxylation is 1. The zero-order chi connectivity index (χ0) is 13.6. The van der Waals surface area contributed by atoms with E-state index in [1.54, 1.807) is 24.9 Å². The number of hydrogen-bond acceptors (Lipinski definition) is 4. The summed E-state index contributed by atoms with van der Waals surface area (Å²) in [4.78, 5) is 15.6. The van der Waals surface area contributed by atoms with Crippen molar-refractivity contribution in [2.24, 2.45) is 7.05 Å². The molecule has 3 heterocycles. The monoisotopic (exact) mass is 263 g/mol. The third-order valence-electron chi connectivity index (χ3n) is 3.34. The Bertz CT molecular complexity index is 632. The highest BCUT2D eigenvalue weighted by molar-refractivity contribution is 5.92. The van der Waals surface area contributed by atoms with Gasteiger partial charge in [0.1, 0.15) is 0 Å². The van der Waals surface area contributed by atoms with E-state index in [-0.39, 0.29) is 23.5 Å². The predicted molar refractivity (Wildman–Crippen MR) is 64.5 cm³/mol. The van der Waals surface area contributed by atoms with Crippen molar-refractivity contribution in [1.82, 2.24) is 24.5 Å². The van der Waals surface area contributed by atoms with Crippen LogP contribution in [0.15, 0.2) is 12.4 Å². The highest BCUT2D eigenvalue weighted by Gasteiger charge is 2.36. The summed E-state index contributed by atoms with van der Waals surface area (Å²) in [5.74, 6) is 0.179. The van der Waals surface area contributed by atoms with E-state index in [0.717, 1.165) is 5.56 Å². The third kappa shape index (κ3) is 1.85. The first kappa shape index (κ1) is 12.0. The van der Waals surface area contributed by atoms with E-state index in [1.807, 2.05) is 6.20 Å². The van der Waals surface area contributed by atoms with Crippen LogP contribution in [-0.4, -0.2) is 30.3 Å². The topological polar surface area (TPSA) is 65.6 Å². The zero-order valence-electron chi connectivity index (χ0n) is 10.7. The van der Waals surface area contributed by atoms with Gasteiger partial charge in [-0.25, -0.2) is 14.1 Å². The molecule has 1 aliphatic heterocycles. The van der Waals surface area contributed by atoms with Crippen LogP contribution in [0.4, 0.5) is 4.39 Å². The van der Waals surface area contributed by atoms with Gasteiger partial charge >= 0.3 is 0 Å². The molecule has 19 heavy (non-hydrogen) atoms. The normalized spacial score (nSPS) is 21.6. The number of aromatic nitrogens is 5. The first-order valence-corrected chi connectivity index (χ1v) is 6.22. The molecule has 2 aromatic heterocycles. The van der Waals surface area contributed by atoms with Crippen LogP contribution < -0.4 is 0 Å². The van der Waals surface area contributed by atoms with Gasteiger partial charge < -0.3 is 0 Å². The van der Waals surface area contributed by atoms with Gasteiger partial charge in [0.05, 0.1) is 12.2 Å². The Hall–Kier alpha value is -2.05. The van der Waals surface area contributed by atoms with E-state index in [4.69, 9.17) is 0 Å². The molecule has 1 aliphatic rings. The van der Waals surface area contributed by atoms with Crippen LogP contribution in [0.5, 0.6) is 0 Å². The van der Waals surface area contributed by atoms with E-state index in [2.05, 4.69) is 15.2 Å². The molecule has 0 aliphatic carbocycles. The zero-order valence-corrected chi connectivity index (χ0v) is 10.7. The molecule has 6 nitrogen and oxygen atoms in total. The number of fused-ring (bicyclic) bond motifs is 1. The molecule has 0 fully saturated rings. The number of alkyl halides is 1. The fourth-order valence-corrected chi connectivity index (χ4v) is 2.35. The van der Waals surface area contributed by atoms with E-state index < -0.39 is 6.17 Å². The summed E-state index contributed by atoms with van der Waals surface area (Å²) in [6.07, 6.45) is 2.95. The van der Waals surface area contributed by atoms with Gasteiger partial charge in [-0.3, -0.25) is 9.48 Å². The third-order valence-corrected chi connectivity index (χ3v) is 3.34. The van der Waals surface area contributed by atoms with Crippen LogP contribution >= 0.6 is 0 Å². The summed E-state index contributed by atoms with van der Waals surface area (Å²) < 4.78 is 17.2. The lowest BCUT2D eigenvalue weighted by molar-refractivity contribution is 0.0977. The maximum absolute atomic E-state index is 14.0. The molecule has 0 spiro atoms. The molecule has 0 saturated heterocycles. The minimum Gasteiger partial charge on any atom is -0.291 e. The molecule has 2 atom stereocenters. The van der Waals surface area contributed by atoms with Crippen molar-refractivity contribution in [2.45, 2.75) is 32.0 Å². The fourth-order valence-electron chi connectivity index (χ4n) is 2.35. The van der Waals surface area contributed by atoms with E-state index in [9.17, 15) is 9.18 Å². The Morgan fingerprint density at radius 1 is 1.58 bits per heavy atom. The first-order chi connectivity index (χ1) is 9.10. The van der Waals surface area contributed by atoms with Gasteiger partial charge in [0.25, 0.3) is 0 Å². The average molecular weight is 263 g/mol. The molecule has 3 rings (SSSR count). The van der Waals surface area contributed by atoms with E-state index in [0.29, 0.717) is 12.8 Å². The molecular formula is C12H14FN5O. The Balaban J connectivity index is 2.01. The average Bonchev–Trinajstić information content (AvgIpc) is 3.06. The van der Waals surface area contributed by atoms with Crippen LogP contribution in [0.2, 0.25) is 0 Å². The molecule has 0 radical (unpaired) electrons. The molecule has 100 valence electrons. The minimum atomic E-state index is -1.18. The Kier molecular flexibility index (Phi) is 2.69. The Labute approximate surface area is 109 Å². The van der Waals surface area contributed by atoms with Gasteiger partial charge in [0, 0.05) is 31.6 Å². The van der Waals surface area contributed by atoms with Crippen molar-refractivity contribution in [3.63, 3.8) is 0 Å². The maximum Gasteiger partial charge on any atom is 0.217 e. The Morgan fingerprint density at radius 3 is 3.00 bits per heavy atom. The lowest BCUT2D eigenvalue weighted by Gasteiger charge is -2.07. The van der Waals surface area contributed by atoms with Gasteiger partial charge in [-0.05, 0) is 0 Å². The second kappa shape index (κ2) is 4.25. The molecule has 2 unspecified atom stereocenters. The first-order valence-electron chi connectivity index (χ1n) is 6.22. The number of carbonyl (C=O) groups excluding carboxylic acids is 1. The standard InChI is InChI=1S/C12H14FN5O/c1-3-10(19)11-15-12-8(13)4-9(18(12)16-11)7-5-14-17(2)6-7/h5-6,8-9H,3-4H2,1-2H3. The fraction of sp³-hybridized carbons (Fsp3) is 0.500. The second-order valence-corrected chi connectivity index (χ2v) is 4.68. The molecule has 0 N–H and O–H groups in total. The summed E-state index contributed by atoms with van der Waals surface area (Å²) in [5, 5.41) is 8.24. The molecular weight excluding hydrogens is 249 g/mol. The maximum atomic E-state index is 14.0. The van der Waals surface area contributed by atoms with Crippen LogP contribution in [0, 0.1) is 0 Å². The van der Waals surface area contributed by atoms with Gasteiger partial charge in [0.2, 0.25) is 11.6 Å². The molecule has 7 heteroatoms. The van der Waals surface area contributed by atoms with E-state index >= 15 is 0 Å². The number of Topliss-reactive ketones (excluding diaryl/α,β-unsaturated/α-hetero) is 1. The van der Waals surface area contributed by atoms with Crippen LogP contribution in [-0.2, 0) is 7.05 Å².